The van der Waals surface area contributed by atoms with Crippen LogP contribution in [0.5, 0.6) is 11.5 Å². The van der Waals surface area contributed by atoms with Crippen molar-refractivity contribution in [2.45, 2.75) is 33.2 Å². The summed E-state index contributed by atoms with van der Waals surface area (Å²) in [6, 6.07) is 4.94. The van der Waals surface area contributed by atoms with Crippen LogP contribution in [0.4, 0.5) is 0 Å². The molecule has 0 aliphatic carbocycles. The number of esters is 2. The van der Waals surface area contributed by atoms with Crippen molar-refractivity contribution >= 4 is 28.9 Å². The Hall–Kier alpha value is -2.94. The summed E-state index contributed by atoms with van der Waals surface area (Å²) >= 11 is 1.41. The molecule has 3 rings (SSSR count). The maximum absolute atomic E-state index is 12.9. The predicted molar refractivity (Wildman–Crippen MR) is 118 cm³/mol. The van der Waals surface area contributed by atoms with Gasteiger partial charge in [-0.2, -0.15) is 0 Å². The van der Waals surface area contributed by atoms with Crippen molar-refractivity contribution in [2.24, 2.45) is 4.99 Å². The number of carbonyl (C=O) groups excluding carboxylic acids is 2. The number of ether oxygens (including phenoxy) is 4. The van der Waals surface area contributed by atoms with E-state index in [1.54, 1.807) is 41.1 Å². The molecule has 0 aromatic heterocycles. The minimum atomic E-state index is -0.540. The SMILES string of the molecule is CCOC(=O)CC1=CSC2=NC(C)=C(C(=O)OCC)C(c3ccc(OC)c(OC)c3)N12. The van der Waals surface area contributed by atoms with Crippen molar-refractivity contribution in [1.29, 1.82) is 0 Å². The second kappa shape index (κ2) is 9.91. The highest BCUT2D eigenvalue weighted by Crippen LogP contribution is 2.46. The molecule has 0 radical (unpaired) electrons. The summed E-state index contributed by atoms with van der Waals surface area (Å²) < 4.78 is 21.3. The maximum atomic E-state index is 12.9. The molecule has 8 nitrogen and oxygen atoms in total. The largest absolute Gasteiger partial charge is 0.493 e. The fourth-order valence-corrected chi connectivity index (χ4v) is 4.50. The van der Waals surface area contributed by atoms with Crippen molar-refractivity contribution in [1.82, 2.24) is 4.90 Å². The zero-order valence-electron chi connectivity index (χ0n) is 18.3. The molecule has 0 amide bonds. The monoisotopic (exact) mass is 446 g/mol. The van der Waals surface area contributed by atoms with E-state index in [0.29, 0.717) is 40.2 Å². The van der Waals surface area contributed by atoms with E-state index < -0.39 is 12.0 Å². The lowest BCUT2D eigenvalue weighted by molar-refractivity contribution is -0.142. The second-order valence-corrected chi connectivity index (χ2v) is 7.55. The lowest BCUT2D eigenvalue weighted by atomic mass is 9.93. The van der Waals surface area contributed by atoms with Gasteiger partial charge in [0.15, 0.2) is 16.7 Å². The summed E-state index contributed by atoms with van der Waals surface area (Å²) in [5.74, 6) is 0.320. The van der Waals surface area contributed by atoms with Crippen LogP contribution in [0.15, 0.2) is 45.6 Å². The molecule has 0 saturated heterocycles. The van der Waals surface area contributed by atoms with Crippen LogP contribution in [0, 0.1) is 0 Å². The smallest absolute Gasteiger partial charge is 0.338 e. The molecule has 1 atom stereocenters. The van der Waals surface area contributed by atoms with Crippen LogP contribution in [-0.4, -0.2) is 49.4 Å². The number of hydrogen-bond donors (Lipinski definition) is 0. The van der Waals surface area contributed by atoms with Gasteiger partial charge in [-0.25, -0.2) is 9.79 Å². The molecule has 166 valence electrons. The van der Waals surface area contributed by atoms with Crippen molar-refractivity contribution in [3.63, 3.8) is 0 Å². The molecular formula is C22H26N2O6S. The Labute approximate surface area is 185 Å². The van der Waals surface area contributed by atoms with Crippen LogP contribution < -0.4 is 9.47 Å². The summed E-state index contributed by atoms with van der Waals surface area (Å²) in [5, 5.41) is 2.55. The number of carbonyl (C=O) groups is 2. The molecule has 1 unspecified atom stereocenters. The van der Waals surface area contributed by atoms with E-state index in [2.05, 4.69) is 4.99 Å². The first-order chi connectivity index (χ1) is 14.9. The van der Waals surface area contributed by atoms with Crippen molar-refractivity contribution in [3.05, 3.63) is 46.1 Å². The van der Waals surface area contributed by atoms with Gasteiger partial charge in [-0.05, 0) is 43.9 Å². The molecule has 1 aromatic rings. The minimum Gasteiger partial charge on any atom is -0.493 e. The molecule has 2 aliphatic heterocycles. The summed E-state index contributed by atoms with van der Waals surface area (Å²) in [4.78, 5) is 31.6. The summed E-state index contributed by atoms with van der Waals surface area (Å²) in [6.07, 6.45) is 0.0683. The Morgan fingerprint density at radius 3 is 2.45 bits per heavy atom. The highest BCUT2D eigenvalue weighted by Gasteiger charge is 2.41. The van der Waals surface area contributed by atoms with E-state index in [4.69, 9.17) is 18.9 Å². The Bertz CT molecular complexity index is 969. The van der Waals surface area contributed by atoms with Gasteiger partial charge in [0.05, 0.1) is 51.2 Å². The van der Waals surface area contributed by atoms with Crippen LogP contribution in [-0.2, 0) is 19.1 Å². The van der Waals surface area contributed by atoms with Gasteiger partial charge in [0.2, 0.25) is 0 Å². The summed E-state index contributed by atoms with van der Waals surface area (Å²) in [6.45, 7) is 5.85. The minimum absolute atomic E-state index is 0.0683. The first-order valence-corrected chi connectivity index (χ1v) is 10.8. The third-order valence-electron chi connectivity index (χ3n) is 4.85. The Kier molecular flexibility index (Phi) is 7.27. The summed E-state index contributed by atoms with van der Waals surface area (Å²) in [5.41, 5.74) is 2.47. The third-order valence-corrected chi connectivity index (χ3v) is 5.74. The predicted octanol–water partition coefficient (Wildman–Crippen LogP) is 3.80. The molecule has 0 bridgehead atoms. The molecule has 2 heterocycles. The number of thioether (sulfide) groups is 1. The number of rotatable bonds is 8. The number of methoxy groups -OCH3 is 2. The standard InChI is InChI=1S/C22H26N2O6S/c1-6-29-18(25)11-15-12-31-22-23-13(3)19(21(26)30-7-2)20(24(15)22)14-8-9-16(27-4)17(10-14)28-5/h8-10,12,20H,6-7,11H2,1-5H3. The Balaban J connectivity index is 2.11. The van der Waals surface area contributed by atoms with Crippen molar-refractivity contribution < 1.29 is 28.5 Å². The number of allylic oxidation sites excluding steroid dienone is 1. The molecule has 0 fully saturated rings. The van der Waals surface area contributed by atoms with E-state index in [-0.39, 0.29) is 19.0 Å². The molecule has 9 heteroatoms. The van der Waals surface area contributed by atoms with E-state index in [0.717, 1.165) is 5.56 Å². The molecule has 0 N–H and O–H groups in total. The average Bonchev–Trinajstić information content (AvgIpc) is 3.14. The van der Waals surface area contributed by atoms with E-state index in [1.807, 2.05) is 22.4 Å². The lowest BCUT2D eigenvalue weighted by Crippen LogP contribution is -2.37. The normalized spacial score (nSPS) is 17.6. The molecule has 0 spiro atoms. The molecule has 31 heavy (non-hydrogen) atoms. The fraction of sp³-hybridized carbons (Fsp3) is 0.409. The number of aliphatic imine (C=N–C) groups is 1. The van der Waals surface area contributed by atoms with Gasteiger partial charge in [0.25, 0.3) is 0 Å². The van der Waals surface area contributed by atoms with Crippen LogP contribution in [0.25, 0.3) is 0 Å². The van der Waals surface area contributed by atoms with Gasteiger partial charge in [-0.3, -0.25) is 4.79 Å². The van der Waals surface area contributed by atoms with Crippen molar-refractivity contribution in [2.75, 3.05) is 27.4 Å². The van der Waals surface area contributed by atoms with Crippen LogP contribution >= 0.6 is 11.8 Å². The third kappa shape index (κ3) is 4.56. The van der Waals surface area contributed by atoms with Gasteiger partial charge in [-0.15, -0.1) is 0 Å². The number of nitrogens with zero attached hydrogens (tertiary/aromatic N) is 2. The van der Waals surface area contributed by atoms with Gasteiger partial charge < -0.3 is 23.8 Å². The Morgan fingerprint density at radius 1 is 1.10 bits per heavy atom. The first-order valence-electron chi connectivity index (χ1n) is 9.94. The highest BCUT2D eigenvalue weighted by molar-refractivity contribution is 8.16. The van der Waals surface area contributed by atoms with Gasteiger partial charge in [0.1, 0.15) is 0 Å². The lowest BCUT2D eigenvalue weighted by Gasteiger charge is -2.36. The van der Waals surface area contributed by atoms with Crippen LogP contribution in [0.1, 0.15) is 38.8 Å². The molecular weight excluding hydrogens is 420 g/mol. The molecule has 1 aromatic carbocycles. The zero-order chi connectivity index (χ0) is 22.5. The number of amidine groups is 1. The van der Waals surface area contributed by atoms with Gasteiger partial charge in [-0.1, -0.05) is 17.8 Å². The van der Waals surface area contributed by atoms with Gasteiger partial charge in [0, 0.05) is 5.70 Å². The highest BCUT2D eigenvalue weighted by atomic mass is 32.2. The topological polar surface area (TPSA) is 86.7 Å². The van der Waals surface area contributed by atoms with E-state index in [1.165, 1.54) is 11.8 Å². The second-order valence-electron chi connectivity index (χ2n) is 6.71. The zero-order valence-corrected chi connectivity index (χ0v) is 19.1. The van der Waals surface area contributed by atoms with Crippen molar-refractivity contribution in [3.8, 4) is 11.5 Å². The number of fused-ring (bicyclic) bond motifs is 1. The quantitative estimate of drug-likeness (QED) is 0.558. The maximum Gasteiger partial charge on any atom is 0.338 e. The van der Waals surface area contributed by atoms with E-state index in [9.17, 15) is 9.59 Å². The van der Waals surface area contributed by atoms with E-state index >= 15 is 0 Å². The average molecular weight is 447 g/mol. The van der Waals surface area contributed by atoms with Gasteiger partial charge >= 0.3 is 11.9 Å². The fourth-order valence-electron chi connectivity index (χ4n) is 3.54. The summed E-state index contributed by atoms with van der Waals surface area (Å²) in [7, 11) is 3.12. The Morgan fingerprint density at radius 2 is 1.81 bits per heavy atom. The number of hydrogen-bond acceptors (Lipinski definition) is 9. The van der Waals surface area contributed by atoms with Crippen LogP contribution in [0.2, 0.25) is 0 Å². The molecule has 0 saturated carbocycles. The van der Waals surface area contributed by atoms with Crippen LogP contribution in [0.3, 0.4) is 0 Å². The first kappa shape index (κ1) is 22.7. The molecule has 2 aliphatic rings. The number of benzene rings is 1.